The van der Waals surface area contributed by atoms with Gasteiger partial charge in [0.25, 0.3) is 0 Å². The highest BCUT2D eigenvalue weighted by Crippen LogP contribution is 2.18. The van der Waals surface area contributed by atoms with Crippen molar-refractivity contribution in [3.05, 3.63) is 34.9 Å². The summed E-state index contributed by atoms with van der Waals surface area (Å²) in [6.45, 7) is 4.84. The number of ether oxygens (including phenoxy) is 1. The van der Waals surface area contributed by atoms with Crippen LogP contribution in [0, 0.1) is 0 Å². The van der Waals surface area contributed by atoms with Crippen LogP contribution >= 0.6 is 11.6 Å². The zero-order valence-electron chi connectivity index (χ0n) is 10.2. The van der Waals surface area contributed by atoms with Gasteiger partial charge in [-0.1, -0.05) is 29.8 Å². The summed E-state index contributed by atoms with van der Waals surface area (Å²) >= 11 is 6.14. The summed E-state index contributed by atoms with van der Waals surface area (Å²) in [5, 5.41) is 4.10. The molecule has 0 heterocycles. The van der Waals surface area contributed by atoms with E-state index < -0.39 is 0 Å². The molecule has 0 aliphatic carbocycles. The average Bonchev–Trinajstić information content (AvgIpc) is 2.28. The van der Waals surface area contributed by atoms with Gasteiger partial charge in [-0.15, -0.1) is 0 Å². The number of benzene rings is 1. The standard InChI is InChI=1S/C13H20ClNO/c1-4-16-10(2)13(15-3)9-11-7-5-6-8-12(11)14/h5-8,10,13,15H,4,9H2,1-3H3. The van der Waals surface area contributed by atoms with Crippen molar-refractivity contribution < 1.29 is 4.74 Å². The van der Waals surface area contributed by atoms with Gasteiger partial charge in [0.05, 0.1) is 6.10 Å². The second-order valence-corrected chi connectivity index (χ2v) is 4.26. The Balaban J connectivity index is 2.66. The monoisotopic (exact) mass is 241 g/mol. The van der Waals surface area contributed by atoms with Crippen molar-refractivity contribution in [1.29, 1.82) is 0 Å². The van der Waals surface area contributed by atoms with Crippen molar-refractivity contribution >= 4 is 11.6 Å². The van der Waals surface area contributed by atoms with Crippen molar-refractivity contribution in [2.24, 2.45) is 0 Å². The molecule has 1 aromatic carbocycles. The van der Waals surface area contributed by atoms with Crippen molar-refractivity contribution in [3.63, 3.8) is 0 Å². The van der Waals surface area contributed by atoms with Crippen LogP contribution in [-0.4, -0.2) is 25.8 Å². The number of nitrogens with one attached hydrogen (secondary N) is 1. The minimum atomic E-state index is 0.186. The van der Waals surface area contributed by atoms with Crippen LogP contribution in [0.5, 0.6) is 0 Å². The van der Waals surface area contributed by atoms with E-state index in [4.69, 9.17) is 16.3 Å². The first-order valence-electron chi connectivity index (χ1n) is 5.71. The summed E-state index contributed by atoms with van der Waals surface area (Å²) in [4.78, 5) is 0. The number of rotatable bonds is 6. The number of halogens is 1. The van der Waals surface area contributed by atoms with E-state index in [1.54, 1.807) is 0 Å². The van der Waals surface area contributed by atoms with E-state index >= 15 is 0 Å². The number of hydrogen-bond donors (Lipinski definition) is 1. The fourth-order valence-corrected chi connectivity index (χ4v) is 2.00. The zero-order valence-corrected chi connectivity index (χ0v) is 10.9. The first kappa shape index (κ1) is 13.5. The molecular formula is C13H20ClNO. The van der Waals surface area contributed by atoms with E-state index in [-0.39, 0.29) is 6.10 Å². The maximum Gasteiger partial charge on any atom is 0.0702 e. The SMILES string of the molecule is CCOC(C)C(Cc1ccccc1Cl)NC. The Kier molecular flexibility index (Phi) is 5.81. The molecule has 16 heavy (non-hydrogen) atoms. The Morgan fingerprint density at radius 2 is 2.06 bits per heavy atom. The van der Waals surface area contributed by atoms with Crippen LogP contribution in [0.3, 0.4) is 0 Å². The van der Waals surface area contributed by atoms with E-state index in [0.29, 0.717) is 6.04 Å². The van der Waals surface area contributed by atoms with E-state index in [9.17, 15) is 0 Å². The van der Waals surface area contributed by atoms with Crippen molar-refractivity contribution in [3.8, 4) is 0 Å². The molecule has 0 aliphatic rings. The Labute approximate surface area is 103 Å². The summed E-state index contributed by atoms with van der Waals surface area (Å²) in [6, 6.07) is 8.24. The molecule has 0 fully saturated rings. The minimum Gasteiger partial charge on any atom is -0.377 e. The van der Waals surface area contributed by atoms with E-state index in [2.05, 4.69) is 18.3 Å². The predicted molar refractivity (Wildman–Crippen MR) is 69.1 cm³/mol. The van der Waals surface area contributed by atoms with Gasteiger partial charge in [-0.2, -0.15) is 0 Å². The van der Waals surface area contributed by atoms with Gasteiger partial charge in [0.1, 0.15) is 0 Å². The number of hydrogen-bond acceptors (Lipinski definition) is 2. The number of likely N-dealkylation sites (N-methyl/N-ethyl adjacent to an activating group) is 1. The van der Waals surface area contributed by atoms with Gasteiger partial charge in [-0.3, -0.25) is 0 Å². The summed E-state index contributed by atoms with van der Waals surface area (Å²) in [7, 11) is 1.96. The maximum atomic E-state index is 6.14. The molecule has 2 nitrogen and oxygen atoms in total. The minimum absolute atomic E-state index is 0.186. The maximum absolute atomic E-state index is 6.14. The molecule has 2 unspecified atom stereocenters. The molecule has 3 heteroatoms. The Morgan fingerprint density at radius 1 is 1.38 bits per heavy atom. The summed E-state index contributed by atoms with van der Waals surface area (Å²) < 4.78 is 5.60. The average molecular weight is 242 g/mol. The molecule has 0 radical (unpaired) electrons. The molecule has 0 aliphatic heterocycles. The molecule has 90 valence electrons. The summed E-state index contributed by atoms with van der Waals surface area (Å²) in [5.74, 6) is 0. The van der Waals surface area contributed by atoms with Gasteiger partial charge in [0.15, 0.2) is 0 Å². The van der Waals surface area contributed by atoms with Gasteiger partial charge >= 0.3 is 0 Å². The quantitative estimate of drug-likeness (QED) is 0.827. The predicted octanol–water partition coefficient (Wildman–Crippen LogP) is 2.90. The molecule has 0 saturated heterocycles. The third-order valence-electron chi connectivity index (χ3n) is 2.76. The fourth-order valence-electron chi connectivity index (χ4n) is 1.78. The molecule has 2 atom stereocenters. The summed E-state index contributed by atoms with van der Waals surface area (Å²) in [6.07, 6.45) is 1.07. The smallest absolute Gasteiger partial charge is 0.0702 e. The highest BCUT2D eigenvalue weighted by Gasteiger charge is 2.16. The topological polar surface area (TPSA) is 21.3 Å². The third kappa shape index (κ3) is 3.78. The van der Waals surface area contributed by atoms with E-state index in [0.717, 1.165) is 23.6 Å². The lowest BCUT2D eigenvalue weighted by Gasteiger charge is -2.23. The van der Waals surface area contributed by atoms with Gasteiger partial charge in [0.2, 0.25) is 0 Å². The van der Waals surface area contributed by atoms with Crippen LogP contribution in [0.1, 0.15) is 19.4 Å². The van der Waals surface area contributed by atoms with Crippen molar-refractivity contribution in [2.75, 3.05) is 13.7 Å². The van der Waals surface area contributed by atoms with Gasteiger partial charge in [-0.25, -0.2) is 0 Å². The van der Waals surface area contributed by atoms with E-state index in [1.165, 1.54) is 0 Å². The van der Waals surface area contributed by atoms with Crippen LogP contribution in [-0.2, 0) is 11.2 Å². The Morgan fingerprint density at radius 3 is 2.62 bits per heavy atom. The molecule has 0 spiro atoms. The fraction of sp³-hybridized carbons (Fsp3) is 0.538. The van der Waals surface area contributed by atoms with Crippen LogP contribution in [0.15, 0.2) is 24.3 Å². The first-order valence-corrected chi connectivity index (χ1v) is 6.09. The molecule has 0 bridgehead atoms. The molecular weight excluding hydrogens is 222 g/mol. The van der Waals surface area contributed by atoms with Crippen LogP contribution in [0.25, 0.3) is 0 Å². The first-order chi connectivity index (χ1) is 7.69. The lowest BCUT2D eigenvalue weighted by atomic mass is 10.0. The largest absolute Gasteiger partial charge is 0.377 e. The van der Waals surface area contributed by atoms with Gasteiger partial charge in [-0.05, 0) is 38.9 Å². The van der Waals surface area contributed by atoms with E-state index in [1.807, 2.05) is 32.2 Å². The van der Waals surface area contributed by atoms with Gasteiger partial charge < -0.3 is 10.1 Å². The highest BCUT2D eigenvalue weighted by molar-refractivity contribution is 6.31. The lowest BCUT2D eigenvalue weighted by molar-refractivity contribution is 0.0497. The molecule has 1 rings (SSSR count). The Hall–Kier alpha value is -0.570. The summed E-state index contributed by atoms with van der Waals surface area (Å²) in [5.41, 5.74) is 1.16. The van der Waals surface area contributed by atoms with Crippen molar-refractivity contribution in [1.82, 2.24) is 5.32 Å². The zero-order chi connectivity index (χ0) is 12.0. The third-order valence-corrected chi connectivity index (χ3v) is 3.13. The van der Waals surface area contributed by atoms with Crippen LogP contribution < -0.4 is 5.32 Å². The molecule has 0 amide bonds. The second kappa shape index (κ2) is 6.89. The highest BCUT2D eigenvalue weighted by atomic mass is 35.5. The molecule has 0 saturated carbocycles. The lowest BCUT2D eigenvalue weighted by Crippen LogP contribution is -2.39. The molecule has 1 N–H and O–H groups in total. The normalized spacial score (nSPS) is 14.8. The van der Waals surface area contributed by atoms with Crippen LogP contribution in [0.2, 0.25) is 5.02 Å². The molecule has 0 aromatic heterocycles. The van der Waals surface area contributed by atoms with Crippen LogP contribution in [0.4, 0.5) is 0 Å². The molecule has 1 aromatic rings. The Bertz CT molecular complexity index is 317. The second-order valence-electron chi connectivity index (χ2n) is 3.85. The van der Waals surface area contributed by atoms with Crippen molar-refractivity contribution in [2.45, 2.75) is 32.4 Å². The van der Waals surface area contributed by atoms with Gasteiger partial charge in [0, 0.05) is 17.7 Å².